The molecule has 2 heterocycles. The Morgan fingerprint density at radius 1 is 0.800 bits per heavy atom. The molecule has 0 fully saturated rings. The van der Waals surface area contributed by atoms with Gasteiger partial charge in [-0.05, 0) is 53.1 Å². The lowest BCUT2D eigenvalue weighted by molar-refractivity contribution is -0.274. The van der Waals surface area contributed by atoms with Crippen LogP contribution in [0.3, 0.4) is 0 Å². The number of aromatic nitrogens is 3. The maximum atomic E-state index is 13.0. The van der Waals surface area contributed by atoms with E-state index in [4.69, 9.17) is 4.74 Å². The molecule has 4 rings (SSSR count). The van der Waals surface area contributed by atoms with E-state index in [9.17, 15) is 17.6 Å². The Balaban J connectivity index is 1.49. The standard InChI is InChI=1S/C21H15F4N3O2/c22-17-6-1-14(2-7-17)12-29-13-20-27-26-19-10-5-16(11-28(19)20)15-3-8-18(9-4-15)30-21(23,24)25/h1-11H,12-13H2. The second kappa shape index (κ2) is 8.11. The average molecular weight is 417 g/mol. The van der Waals surface area contributed by atoms with Gasteiger partial charge in [0.2, 0.25) is 0 Å². The molecule has 0 saturated heterocycles. The van der Waals surface area contributed by atoms with Crippen molar-refractivity contribution in [1.82, 2.24) is 14.6 Å². The second-order valence-electron chi connectivity index (χ2n) is 6.45. The Kier molecular flexibility index (Phi) is 5.37. The van der Waals surface area contributed by atoms with Crippen LogP contribution in [0.15, 0.2) is 66.9 Å². The Morgan fingerprint density at radius 2 is 1.50 bits per heavy atom. The largest absolute Gasteiger partial charge is 0.573 e. The van der Waals surface area contributed by atoms with Gasteiger partial charge in [-0.25, -0.2) is 4.39 Å². The number of alkyl halides is 3. The molecule has 0 amide bonds. The highest BCUT2D eigenvalue weighted by Gasteiger charge is 2.30. The lowest BCUT2D eigenvalue weighted by Crippen LogP contribution is -2.16. The number of nitrogens with zero attached hydrogens (tertiary/aromatic N) is 3. The molecule has 0 aliphatic heterocycles. The van der Waals surface area contributed by atoms with Gasteiger partial charge in [-0.2, -0.15) is 0 Å². The van der Waals surface area contributed by atoms with Crippen LogP contribution in [0, 0.1) is 5.82 Å². The van der Waals surface area contributed by atoms with Crippen LogP contribution in [0.1, 0.15) is 11.4 Å². The first-order chi connectivity index (χ1) is 14.4. The molecular weight excluding hydrogens is 402 g/mol. The number of pyridine rings is 1. The molecule has 30 heavy (non-hydrogen) atoms. The third-order valence-electron chi connectivity index (χ3n) is 4.31. The van der Waals surface area contributed by atoms with Crippen molar-refractivity contribution in [2.75, 3.05) is 0 Å². The molecule has 0 saturated carbocycles. The summed E-state index contributed by atoms with van der Waals surface area (Å²) in [4.78, 5) is 0. The number of rotatable bonds is 6. The zero-order valence-electron chi connectivity index (χ0n) is 15.4. The lowest BCUT2D eigenvalue weighted by Gasteiger charge is -2.10. The van der Waals surface area contributed by atoms with Gasteiger partial charge in [-0.3, -0.25) is 4.40 Å². The van der Waals surface area contributed by atoms with Gasteiger partial charge in [0, 0.05) is 6.20 Å². The van der Waals surface area contributed by atoms with Crippen LogP contribution in [0.2, 0.25) is 0 Å². The maximum absolute atomic E-state index is 13.0. The zero-order chi connectivity index (χ0) is 21.1. The van der Waals surface area contributed by atoms with Crippen molar-refractivity contribution in [2.24, 2.45) is 0 Å². The first-order valence-electron chi connectivity index (χ1n) is 8.89. The van der Waals surface area contributed by atoms with Gasteiger partial charge in [0.05, 0.1) is 6.61 Å². The molecule has 9 heteroatoms. The predicted molar refractivity (Wildman–Crippen MR) is 100.0 cm³/mol. The molecule has 5 nitrogen and oxygen atoms in total. The normalized spacial score (nSPS) is 11.7. The van der Waals surface area contributed by atoms with Crippen LogP contribution in [0.4, 0.5) is 17.6 Å². The van der Waals surface area contributed by atoms with E-state index >= 15 is 0 Å². The molecule has 0 bridgehead atoms. The molecule has 154 valence electrons. The molecule has 0 aliphatic carbocycles. The summed E-state index contributed by atoms with van der Waals surface area (Å²) in [5, 5.41) is 8.20. The number of ether oxygens (including phenoxy) is 2. The highest BCUT2D eigenvalue weighted by molar-refractivity contribution is 5.65. The molecule has 4 aromatic rings. The molecule has 0 spiro atoms. The first kappa shape index (κ1) is 19.8. The summed E-state index contributed by atoms with van der Waals surface area (Å²) in [6.07, 6.45) is -2.95. The number of benzene rings is 2. The lowest BCUT2D eigenvalue weighted by atomic mass is 10.1. The summed E-state index contributed by atoms with van der Waals surface area (Å²) >= 11 is 0. The minimum atomic E-state index is -4.73. The molecule has 0 radical (unpaired) electrons. The molecule has 0 N–H and O–H groups in total. The van der Waals surface area contributed by atoms with Crippen LogP contribution in [-0.2, 0) is 18.0 Å². The third-order valence-corrected chi connectivity index (χ3v) is 4.31. The molecular formula is C21H15F4N3O2. The fourth-order valence-corrected chi connectivity index (χ4v) is 2.90. The summed E-state index contributed by atoms with van der Waals surface area (Å²) in [7, 11) is 0. The Bertz CT molecular complexity index is 1140. The van der Waals surface area contributed by atoms with Crippen molar-refractivity contribution < 1.29 is 27.0 Å². The molecule has 0 aliphatic rings. The van der Waals surface area contributed by atoms with E-state index in [1.807, 2.05) is 0 Å². The number of halogens is 4. The minimum Gasteiger partial charge on any atom is -0.406 e. The highest BCUT2D eigenvalue weighted by Crippen LogP contribution is 2.27. The van der Waals surface area contributed by atoms with E-state index in [-0.39, 0.29) is 24.8 Å². The van der Waals surface area contributed by atoms with E-state index in [2.05, 4.69) is 14.9 Å². The fraction of sp³-hybridized carbons (Fsp3) is 0.143. The Labute approximate surface area is 168 Å². The van der Waals surface area contributed by atoms with Crippen molar-refractivity contribution in [3.05, 3.63) is 84.1 Å². The molecule has 2 aromatic carbocycles. The van der Waals surface area contributed by atoms with E-state index in [1.165, 1.54) is 36.4 Å². The van der Waals surface area contributed by atoms with Crippen LogP contribution in [0.25, 0.3) is 16.8 Å². The quantitative estimate of drug-likeness (QED) is 0.407. The van der Waals surface area contributed by atoms with Crippen molar-refractivity contribution in [3.63, 3.8) is 0 Å². The van der Waals surface area contributed by atoms with Gasteiger partial charge in [0.25, 0.3) is 0 Å². The smallest absolute Gasteiger partial charge is 0.406 e. The van der Waals surface area contributed by atoms with E-state index in [1.54, 1.807) is 34.9 Å². The van der Waals surface area contributed by atoms with Gasteiger partial charge in [0.15, 0.2) is 11.5 Å². The SMILES string of the molecule is Fc1ccc(COCc2nnc3ccc(-c4ccc(OC(F)(F)F)cc4)cn23)cc1. The Morgan fingerprint density at radius 3 is 2.20 bits per heavy atom. The van der Waals surface area contributed by atoms with Crippen LogP contribution in [-0.4, -0.2) is 21.0 Å². The van der Waals surface area contributed by atoms with Gasteiger partial charge in [0.1, 0.15) is 18.2 Å². The van der Waals surface area contributed by atoms with Crippen molar-refractivity contribution in [1.29, 1.82) is 0 Å². The van der Waals surface area contributed by atoms with Crippen molar-refractivity contribution >= 4 is 5.65 Å². The number of hydrogen-bond donors (Lipinski definition) is 0. The Hall–Kier alpha value is -3.46. The summed E-state index contributed by atoms with van der Waals surface area (Å²) in [5.41, 5.74) is 2.90. The van der Waals surface area contributed by atoms with Crippen LogP contribution in [0.5, 0.6) is 5.75 Å². The third kappa shape index (κ3) is 4.74. The fourth-order valence-electron chi connectivity index (χ4n) is 2.90. The maximum Gasteiger partial charge on any atom is 0.573 e. The van der Waals surface area contributed by atoms with Gasteiger partial charge in [-0.15, -0.1) is 23.4 Å². The van der Waals surface area contributed by atoms with Gasteiger partial charge < -0.3 is 9.47 Å². The van der Waals surface area contributed by atoms with E-state index in [0.29, 0.717) is 17.0 Å². The van der Waals surface area contributed by atoms with Crippen LogP contribution < -0.4 is 4.74 Å². The zero-order valence-corrected chi connectivity index (χ0v) is 15.4. The summed E-state index contributed by atoms with van der Waals surface area (Å²) < 4.78 is 61.2. The number of fused-ring (bicyclic) bond motifs is 1. The van der Waals surface area contributed by atoms with Gasteiger partial charge >= 0.3 is 6.36 Å². The van der Waals surface area contributed by atoms with E-state index < -0.39 is 6.36 Å². The summed E-state index contributed by atoms with van der Waals surface area (Å²) in [6.45, 7) is 0.468. The topological polar surface area (TPSA) is 48.7 Å². The van der Waals surface area contributed by atoms with E-state index in [0.717, 1.165) is 11.1 Å². The predicted octanol–water partition coefficient (Wildman–Crippen LogP) is 5.15. The van der Waals surface area contributed by atoms with Gasteiger partial charge in [-0.1, -0.05) is 24.3 Å². The summed E-state index contributed by atoms with van der Waals surface area (Å²) in [6, 6.07) is 15.2. The highest BCUT2D eigenvalue weighted by atomic mass is 19.4. The monoisotopic (exact) mass is 417 g/mol. The molecule has 2 aromatic heterocycles. The summed E-state index contributed by atoms with van der Waals surface area (Å²) in [5.74, 6) is -0.0368. The van der Waals surface area contributed by atoms with Crippen molar-refractivity contribution in [3.8, 4) is 16.9 Å². The first-order valence-corrected chi connectivity index (χ1v) is 8.89. The van der Waals surface area contributed by atoms with Crippen molar-refractivity contribution in [2.45, 2.75) is 19.6 Å². The second-order valence-corrected chi connectivity index (χ2v) is 6.45. The average Bonchev–Trinajstić information content (AvgIpc) is 3.11. The molecule has 0 atom stereocenters. The minimum absolute atomic E-state index is 0.181. The number of hydrogen-bond acceptors (Lipinski definition) is 4. The molecule has 0 unspecified atom stereocenters. The van der Waals surface area contributed by atoms with Crippen LogP contribution >= 0.6 is 0 Å².